The molecule has 0 fully saturated rings. The molecule has 0 unspecified atom stereocenters. The molecule has 2 heterocycles. The van der Waals surface area contributed by atoms with Crippen molar-refractivity contribution >= 4 is 50.1 Å². The SMILES string of the molecule is c1ccc(-c2ccc(N(c3cccc(-c4ccccc4)c3)c3cccc4c3oc3ccc5oc(-c6ccccc6)nc5c34)cc2)cc1. The van der Waals surface area contributed by atoms with Gasteiger partial charge in [0.05, 0.1) is 11.1 Å². The van der Waals surface area contributed by atoms with Crippen LogP contribution in [0.4, 0.5) is 17.1 Å². The minimum atomic E-state index is 0.594. The Morgan fingerprint density at radius 1 is 0.426 bits per heavy atom. The van der Waals surface area contributed by atoms with Gasteiger partial charge in [-0.2, -0.15) is 0 Å². The highest BCUT2D eigenvalue weighted by Crippen LogP contribution is 2.44. The Bertz CT molecular complexity index is 2500. The molecule has 0 aliphatic rings. The largest absolute Gasteiger partial charge is 0.454 e. The molecule has 0 aliphatic heterocycles. The molecule has 0 saturated carbocycles. The van der Waals surface area contributed by atoms with Gasteiger partial charge in [-0.15, -0.1) is 0 Å². The van der Waals surface area contributed by atoms with Crippen LogP contribution in [-0.2, 0) is 0 Å². The Morgan fingerprint density at radius 2 is 1.02 bits per heavy atom. The first-order chi connectivity index (χ1) is 23.3. The highest BCUT2D eigenvalue weighted by Gasteiger charge is 2.22. The van der Waals surface area contributed by atoms with Crippen molar-refractivity contribution in [2.24, 2.45) is 0 Å². The van der Waals surface area contributed by atoms with Crippen molar-refractivity contribution in [3.63, 3.8) is 0 Å². The average Bonchev–Trinajstić information content (AvgIpc) is 3.76. The number of aromatic nitrogens is 1. The average molecular weight is 605 g/mol. The molecule has 0 atom stereocenters. The minimum absolute atomic E-state index is 0.594. The van der Waals surface area contributed by atoms with Crippen molar-refractivity contribution in [2.45, 2.75) is 0 Å². The zero-order chi connectivity index (χ0) is 31.2. The van der Waals surface area contributed by atoms with E-state index in [0.29, 0.717) is 5.89 Å². The van der Waals surface area contributed by atoms with Crippen molar-refractivity contribution in [3.8, 4) is 33.7 Å². The van der Waals surface area contributed by atoms with Crippen LogP contribution in [0.5, 0.6) is 0 Å². The third kappa shape index (κ3) is 4.75. The van der Waals surface area contributed by atoms with Crippen LogP contribution in [-0.4, -0.2) is 4.98 Å². The summed E-state index contributed by atoms with van der Waals surface area (Å²) in [6, 6.07) is 58.6. The number of fused-ring (bicyclic) bond motifs is 5. The maximum atomic E-state index is 6.72. The predicted molar refractivity (Wildman–Crippen MR) is 192 cm³/mol. The minimum Gasteiger partial charge on any atom is -0.454 e. The molecule has 4 heteroatoms. The maximum absolute atomic E-state index is 6.72. The highest BCUT2D eigenvalue weighted by atomic mass is 16.4. The zero-order valence-corrected chi connectivity index (χ0v) is 25.4. The Labute approximate surface area is 271 Å². The summed E-state index contributed by atoms with van der Waals surface area (Å²) in [4.78, 5) is 7.25. The summed E-state index contributed by atoms with van der Waals surface area (Å²) < 4.78 is 13.0. The van der Waals surface area contributed by atoms with Crippen LogP contribution in [0.3, 0.4) is 0 Å². The number of anilines is 3. The predicted octanol–water partition coefficient (Wildman–Crippen LogP) is 12.2. The molecule has 0 N–H and O–H groups in total. The number of furan rings is 1. The van der Waals surface area contributed by atoms with Gasteiger partial charge in [0.1, 0.15) is 11.1 Å². The van der Waals surface area contributed by atoms with Crippen LogP contribution in [0.25, 0.3) is 66.7 Å². The monoisotopic (exact) mass is 604 g/mol. The number of hydrogen-bond donors (Lipinski definition) is 0. The van der Waals surface area contributed by atoms with E-state index < -0.39 is 0 Å². The van der Waals surface area contributed by atoms with Crippen molar-refractivity contribution in [1.82, 2.24) is 4.98 Å². The van der Waals surface area contributed by atoms with Gasteiger partial charge in [-0.25, -0.2) is 4.98 Å². The van der Waals surface area contributed by atoms with Crippen LogP contribution in [0.1, 0.15) is 0 Å². The van der Waals surface area contributed by atoms with E-state index in [1.165, 1.54) is 11.1 Å². The van der Waals surface area contributed by atoms with E-state index in [1.54, 1.807) is 0 Å². The first-order valence-electron chi connectivity index (χ1n) is 15.7. The van der Waals surface area contributed by atoms with Gasteiger partial charge >= 0.3 is 0 Å². The molecule has 222 valence electrons. The summed E-state index contributed by atoms with van der Waals surface area (Å²) in [6.07, 6.45) is 0. The molecule has 0 spiro atoms. The first kappa shape index (κ1) is 27.0. The third-order valence-electron chi connectivity index (χ3n) is 8.70. The van der Waals surface area contributed by atoms with Gasteiger partial charge < -0.3 is 13.7 Å². The first-order valence-corrected chi connectivity index (χ1v) is 15.7. The molecule has 2 aromatic heterocycles. The second-order valence-electron chi connectivity index (χ2n) is 11.6. The molecule has 0 bridgehead atoms. The molecule has 4 nitrogen and oxygen atoms in total. The Morgan fingerprint density at radius 3 is 1.74 bits per heavy atom. The number of nitrogens with zero attached hydrogens (tertiary/aromatic N) is 2. The summed E-state index contributed by atoms with van der Waals surface area (Å²) in [5.74, 6) is 0.594. The van der Waals surface area contributed by atoms with Crippen LogP contribution < -0.4 is 4.90 Å². The second-order valence-corrected chi connectivity index (χ2v) is 11.6. The number of para-hydroxylation sites is 1. The molecular weight excluding hydrogens is 576 g/mol. The van der Waals surface area contributed by atoms with E-state index in [-0.39, 0.29) is 0 Å². The highest BCUT2D eigenvalue weighted by molar-refractivity contribution is 6.19. The molecule has 0 saturated heterocycles. The van der Waals surface area contributed by atoms with Gasteiger partial charge in [0.2, 0.25) is 5.89 Å². The lowest BCUT2D eigenvalue weighted by molar-refractivity contribution is 0.619. The number of oxazole rings is 1. The van der Waals surface area contributed by atoms with Crippen LogP contribution in [0, 0.1) is 0 Å². The smallest absolute Gasteiger partial charge is 0.227 e. The Kier molecular flexibility index (Phi) is 6.43. The molecule has 0 amide bonds. The topological polar surface area (TPSA) is 42.4 Å². The van der Waals surface area contributed by atoms with E-state index in [9.17, 15) is 0 Å². The summed E-state index contributed by atoms with van der Waals surface area (Å²) >= 11 is 0. The van der Waals surface area contributed by atoms with E-state index in [2.05, 4.69) is 120 Å². The number of hydrogen-bond acceptors (Lipinski definition) is 4. The van der Waals surface area contributed by atoms with Gasteiger partial charge in [-0.1, -0.05) is 115 Å². The van der Waals surface area contributed by atoms with Crippen LogP contribution in [0.15, 0.2) is 179 Å². The summed E-state index contributed by atoms with van der Waals surface area (Å²) in [7, 11) is 0. The van der Waals surface area contributed by atoms with Gasteiger partial charge in [0.25, 0.3) is 0 Å². The van der Waals surface area contributed by atoms with Crippen molar-refractivity contribution in [1.29, 1.82) is 0 Å². The van der Waals surface area contributed by atoms with Crippen molar-refractivity contribution in [3.05, 3.63) is 170 Å². The normalized spacial score (nSPS) is 11.4. The molecule has 9 aromatic rings. The zero-order valence-electron chi connectivity index (χ0n) is 25.4. The summed E-state index contributed by atoms with van der Waals surface area (Å²) in [5, 5.41) is 1.93. The number of rotatable bonds is 6. The maximum Gasteiger partial charge on any atom is 0.227 e. The van der Waals surface area contributed by atoms with Gasteiger partial charge in [0, 0.05) is 22.3 Å². The number of benzene rings is 7. The van der Waals surface area contributed by atoms with Crippen LogP contribution >= 0.6 is 0 Å². The van der Waals surface area contributed by atoms with E-state index in [4.69, 9.17) is 13.8 Å². The lowest BCUT2D eigenvalue weighted by Gasteiger charge is -2.26. The lowest BCUT2D eigenvalue weighted by Crippen LogP contribution is -2.10. The van der Waals surface area contributed by atoms with E-state index in [0.717, 1.165) is 66.8 Å². The fraction of sp³-hybridized carbons (Fsp3) is 0. The molecule has 0 aliphatic carbocycles. The fourth-order valence-electron chi connectivity index (χ4n) is 6.46. The quantitative estimate of drug-likeness (QED) is 0.189. The molecule has 47 heavy (non-hydrogen) atoms. The summed E-state index contributed by atoms with van der Waals surface area (Å²) in [6.45, 7) is 0. The van der Waals surface area contributed by atoms with Crippen LogP contribution in [0.2, 0.25) is 0 Å². The molecule has 7 aromatic carbocycles. The Hall–Kier alpha value is -6.39. The van der Waals surface area contributed by atoms with Crippen molar-refractivity contribution < 1.29 is 8.83 Å². The summed E-state index contributed by atoms with van der Waals surface area (Å²) in [5.41, 5.74) is 11.7. The van der Waals surface area contributed by atoms with Gasteiger partial charge in [0.15, 0.2) is 11.2 Å². The lowest BCUT2D eigenvalue weighted by atomic mass is 10.0. The Balaban J connectivity index is 1.25. The van der Waals surface area contributed by atoms with Crippen molar-refractivity contribution in [2.75, 3.05) is 4.90 Å². The van der Waals surface area contributed by atoms with Gasteiger partial charge in [-0.3, -0.25) is 0 Å². The molecule has 0 radical (unpaired) electrons. The van der Waals surface area contributed by atoms with E-state index >= 15 is 0 Å². The van der Waals surface area contributed by atoms with E-state index in [1.807, 2.05) is 54.6 Å². The molecule has 9 rings (SSSR count). The standard InChI is InChI=1S/C43H28N2O2/c1-4-12-29(13-5-1)31-22-24-34(25-23-31)45(35-19-10-18-33(28-35)30-14-6-2-7-15-30)37-21-11-20-36-40-38(46-42(36)37)26-27-39-41(40)44-43(47-39)32-16-8-3-9-17-32/h1-28H. The molecular formula is C43H28N2O2. The third-order valence-corrected chi connectivity index (χ3v) is 8.70. The van der Waals surface area contributed by atoms with Gasteiger partial charge in [-0.05, 0) is 76.9 Å². The second kappa shape index (κ2) is 11.2. The fourth-order valence-corrected chi connectivity index (χ4v) is 6.46.